The number of aryl methyl sites for hydroxylation is 1. The highest BCUT2D eigenvalue weighted by atomic mass is 127. The molecule has 0 saturated carbocycles. The van der Waals surface area contributed by atoms with Gasteiger partial charge in [0.15, 0.2) is 5.65 Å². The van der Waals surface area contributed by atoms with Crippen LogP contribution < -0.4 is 9.62 Å². The van der Waals surface area contributed by atoms with Gasteiger partial charge in [-0.05, 0) is 80.7 Å². The molecular weight excluding hydrogens is 533 g/mol. The number of rotatable bonds is 3. The van der Waals surface area contributed by atoms with Gasteiger partial charge in [-0.15, -0.1) is 4.72 Å². The number of halogens is 1. The molecule has 0 radical (unpaired) electrons. The van der Waals surface area contributed by atoms with Gasteiger partial charge >= 0.3 is 0 Å². The molecule has 1 spiro atoms. The van der Waals surface area contributed by atoms with E-state index in [1.54, 1.807) is 0 Å². The van der Waals surface area contributed by atoms with E-state index in [0.717, 1.165) is 53.2 Å². The predicted molar refractivity (Wildman–Crippen MR) is 138 cm³/mol. The van der Waals surface area contributed by atoms with Crippen LogP contribution in [0.1, 0.15) is 56.5 Å². The van der Waals surface area contributed by atoms with Crippen molar-refractivity contribution in [3.05, 3.63) is 57.1 Å². The monoisotopic (exact) mass is 563 g/mol. The number of anilines is 1. The van der Waals surface area contributed by atoms with Gasteiger partial charge in [0.1, 0.15) is 4.75 Å². The number of nitrogens with one attached hydrogen (secondary N) is 1. The van der Waals surface area contributed by atoms with Crippen molar-refractivity contribution >= 4 is 45.5 Å². The number of aromatic nitrogens is 3. The number of fused-ring (bicyclic) bond motifs is 2. The van der Waals surface area contributed by atoms with Crippen LogP contribution in [0.25, 0.3) is 5.65 Å². The van der Waals surface area contributed by atoms with Gasteiger partial charge in [0.05, 0.1) is 15.3 Å². The van der Waals surface area contributed by atoms with Gasteiger partial charge in [-0.25, -0.2) is 9.97 Å². The summed E-state index contributed by atoms with van der Waals surface area (Å²) in [4.78, 5) is 11.9. The van der Waals surface area contributed by atoms with E-state index < -0.39 is 11.4 Å². The van der Waals surface area contributed by atoms with Crippen molar-refractivity contribution in [1.29, 1.82) is 0 Å². The second-order valence-electron chi connectivity index (χ2n) is 10.1. The molecule has 0 amide bonds. The topological polar surface area (TPSA) is 68.5 Å². The van der Waals surface area contributed by atoms with E-state index >= 15 is 0 Å². The van der Waals surface area contributed by atoms with E-state index in [9.17, 15) is 4.55 Å². The molecule has 5 rings (SSSR count). The van der Waals surface area contributed by atoms with E-state index in [0.29, 0.717) is 0 Å². The molecule has 1 aliphatic carbocycles. The third-order valence-corrected chi connectivity index (χ3v) is 9.81. The average Bonchev–Trinajstić information content (AvgIpc) is 3.35. The maximum atomic E-state index is 13.1. The number of hydrogen-bond acceptors (Lipinski definition) is 5. The zero-order valence-corrected chi connectivity index (χ0v) is 22.0. The van der Waals surface area contributed by atoms with Crippen molar-refractivity contribution in [2.24, 2.45) is 5.41 Å². The van der Waals surface area contributed by atoms with E-state index in [-0.39, 0.29) is 16.2 Å². The fourth-order valence-corrected chi connectivity index (χ4v) is 6.61. The third-order valence-electron chi connectivity index (χ3n) is 6.98. The summed E-state index contributed by atoms with van der Waals surface area (Å²) in [6, 6.07) is 8.80. The Labute approximate surface area is 206 Å². The van der Waals surface area contributed by atoms with Crippen LogP contribution in [0.2, 0.25) is 0 Å². The van der Waals surface area contributed by atoms with Crippen LogP contribution in [-0.4, -0.2) is 36.8 Å². The first-order valence-corrected chi connectivity index (χ1v) is 13.4. The molecule has 1 saturated heterocycles. The number of nitrogens with zero attached hydrogens (tertiary/aromatic N) is 4. The molecule has 2 aromatic heterocycles. The summed E-state index contributed by atoms with van der Waals surface area (Å²) in [6.07, 6.45) is 6.96. The van der Waals surface area contributed by atoms with Crippen molar-refractivity contribution in [1.82, 2.24) is 19.1 Å². The second kappa shape index (κ2) is 8.14. The summed E-state index contributed by atoms with van der Waals surface area (Å²) in [5, 5.41) is 0. The molecule has 170 valence electrons. The zero-order valence-electron chi connectivity index (χ0n) is 19.1. The van der Waals surface area contributed by atoms with Gasteiger partial charge in [-0.3, -0.25) is 4.40 Å². The highest BCUT2D eigenvalue weighted by molar-refractivity contribution is 14.1. The highest BCUT2D eigenvalue weighted by Crippen LogP contribution is 2.52. The van der Waals surface area contributed by atoms with Crippen LogP contribution in [0.5, 0.6) is 0 Å². The molecule has 3 aromatic rings. The normalized spacial score (nSPS) is 21.3. The lowest BCUT2D eigenvalue weighted by Crippen LogP contribution is -2.50. The molecule has 1 aromatic carbocycles. The van der Waals surface area contributed by atoms with Crippen LogP contribution >= 0.6 is 22.6 Å². The van der Waals surface area contributed by atoms with E-state index in [1.807, 2.05) is 33.2 Å². The molecule has 1 fully saturated rings. The smallest absolute Gasteiger partial charge is 0.211 e. The van der Waals surface area contributed by atoms with E-state index in [1.165, 1.54) is 11.1 Å². The molecule has 32 heavy (non-hydrogen) atoms. The first kappa shape index (κ1) is 22.4. The van der Waals surface area contributed by atoms with Crippen LogP contribution in [-0.2, 0) is 17.8 Å². The van der Waals surface area contributed by atoms with Gasteiger partial charge in [0.25, 0.3) is 0 Å². The first-order chi connectivity index (χ1) is 15.2. The quantitative estimate of drug-likeness (QED) is 0.374. The second-order valence-corrected chi connectivity index (χ2v) is 13.2. The number of hydrogen-bond donors (Lipinski definition) is 1. The molecule has 6 nitrogen and oxygen atoms in total. The van der Waals surface area contributed by atoms with Gasteiger partial charge in [-0.1, -0.05) is 24.3 Å². The molecule has 2 atom stereocenters. The lowest BCUT2D eigenvalue weighted by molar-refractivity contribution is 0.175. The summed E-state index contributed by atoms with van der Waals surface area (Å²) in [5.74, 6) is 0.976. The fraction of sp³-hybridized carbons (Fsp3) is 0.500. The minimum absolute atomic E-state index is 0.0768. The average molecular weight is 564 g/mol. The van der Waals surface area contributed by atoms with E-state index in [2.05, 4.69) is 72.8 Å². The Hall–Kier alpha value is -1.36. The first-order valence-electron chi connectivity index (χ1n) is 11.2. The van der Waals surface area contributed by atoms with Gasteiger partial charge < -0.3 is 9.45 Å². The molecule has 8 heteroatoms. The van der Waals surface area contributed by atoms with Crippen molar-refractivity contribution < 1.29 is 4.55 Å². The zero-order chi connectivity index (χ0) is 22.7. The van der Waals surface area contributed by atoms with Gasteiger partial charge in [-0.2, -0.15) is 0 Å². The van der Waals surface area contributed by atoms with Crippen LogP contribution in [0.3, 0.4) is 0 Å². The minimum atomic E-state index is -1.11. The molecule has 3 heterocycles. The van der Waals surface area contributed by atoms with Crippen molar-refractivity contribution in [2.75, 3.05) is 18.0 Å². The Balaban J connectivity index is 1.44. The Morgan fingerprint density at radius 3 is 2.66 bits per heavy atom. The lowest BCUT2D eigenvalue weighted by Gasteiger charge is -2.44. The third kappa shape index (κ3) is 3.73. The number of piperidine rings is 1. The van der Waals surface area contributed by atoms with Crippen LogP contribution in [0.15, 0.2) is 36.7 Å². The molecular formula is C24H30IN5OS. The molecule has 1 aliphatic heterocycles. The minimum Gasteiger partial charge on any atom is -0.598 e. The Kier molecular flexibility index (Phi) is 5.71. The number of imidazole rings is 1. The predicted octanol–water partition coefficient (Wildman–Crippen LogP) is 4.58. The Bertz CT molecular complexity index is 1150. The summed E-state index contributed by atoms with van der Waals surface area (Å²) in [6.45, 7) is 10.0. The Morgan fingerprint density at radius 1 is 1.22 bits per heavy atom. The summed E-state index contributed by atoms with van der Waals surface area (Å²) in [7, 11) is 0. The summed E-state index contributed by atoms with van der Waals surface area (Å²) in [5.41, 5.74) is 4.78. The lowest BCUT2D eigenvalue weighted by atomic mass is 9.73. The van der Waals surface area contributed by atoms with Crippen LogP contribution in [0, 0.1) is 15.9 Å². The Morgan fingerprint density at radius 2 is 1.94 bits per heavy atom. The maximum absolute atomic E-state index is 13.1. The van der Waals surface area contributed by atoms with Crippen molar-refractivity contribution in [3.63, 3.8) is 0 Å². The largest absolute Gasteiger partial charge is 0.598 e. The highest BCUT2D eigenvalue weighted by Gasteiger charge is 2.50. The standard InChI is InChI=1S/C24H30IN5OS/c1-16-19(25)21-26-11-14-30(21)22(27-16)29-12-9-24(10-13-29)15-17-7-5-6-8-18(17)20(24)28-32(31)23(2,3)4/h5-8,11,14,20,28H,9-10,12-13,15H2,1-4H3/t20-,32?/m1/s1. The van der Waals surface area contributed by atoms with Crippen molar-refractivity contribution in [3.8, 4) is 0 Å². The van der Waals surface area contributed by atoms with Gasteiger partial charge in [0.2, 0.25) is 5.95 Å². The maximum Gasteiger partial charge on any atom is 0.211 e. The number of benzene rings is 1. The van der Waals surface area contributed by atoms with E-state index in [4.69, 9.17) is 4.98 Å². The molecule has 0 bridgehead atoms. The fourth-order valence-electron chi connectivity index (χ4n) is 5.14. The SMILES string of the molecule is Cc1nc(N2CCC3(CC2)Cc2ccccc2[C@H]3N[S+]([O-])C(C)(C)C)n2ccnc2c1I. The van der Waals surface area contributed by atoms with Crippen molar-refractivity contribution in [2.45, 2.75) is 57.7 Å². The molecule has 1 unspecified atom stereocenters. The summed E-state index contributed by atoms with van der Waals surface area (Å²) < 4.78 is 19.6. The molecule has 1 N–H and O–H groups in total. The van der Waals surface area contributed by atoms with Gasteiger partial charge in [0, 0.05) is 42.3 Å². The van der Waals surface area contributed by atoms with Crippen LogP contribution in [0.4, 0.5) is 5.95 Å². The summed E-state index contributed by atoms with van der Waals surface area (Å²) >= 11 is 1.22. The molecule has 2 aliphatic rings.